The molecule has 1 aliphatic carbocycles. The Morgan fingerprint density at radius 1 is 0.917 bits per heavy atom. The number of anilines is 2. The van der Waals surface area contributed by atoms with Crippen molar-refractivity contribution in [2.24, 2.45) is 0 Å². The summed E-state index contributed by atoms with van der Waals surface area (Å²) in [4.78, 5) is 27.1. The molecule has 0 saturated heterocycles. The largest absolute Gasteiger partial charge is 0.471 e. The number of hydrogen-bond donors (Lipinski definition) is 1. The minimum atomic E-state index is -5.21. The van der Waals surface area contributed by atoms with Crippen LogP contribution in [0.4, 0.5) is 28.9 Å². The van der Waals surface area contributed by atoms with Crippen molar-refractivity contribution in [1.82, 2.24) is 0 Å². The summed E-state index contributed by atoms with van der Waals surface area (Å²) in [5, 5.41) is 3.69. The summed E-state index contributed by atoms with van der Waals surface area (Å²) in [7, 11) is 0. The third-order valence-electron chi connectivity index (χ3n) is 6.48. The van der Waals surface area contributed by atoms with Gasteiger partial charge in [0.05, 0.1) is 17.4 Å². The Morgan fingerprint density at radius 3 is 2.22 bits per heavy atom. The maximum atomic E-state index is 13.9. The number of halogens is 5. The number of carbonyl (C=O) groups excluding carboxylic acids is 2. The number of rotatable bonds is 2. The summed E-state index contributed by atoms with van der Waals surface area (Å²) in [5.41, 5.74) is 1.76. The van der Waals surface area contributed by atoms with Crippen molar-refractivity contribution in [1.29, 1.82) is 0 Å². The lowest BCUT2D eigenvalue weighted by Gasteiger charge is -2.35. The smallest absolute Gasteiger partial charge is 0.357 e. The predicted molar refractivity (Wildman–Crippen MR) is 128 cm³/mol. The van der Waals surface area contributed by atoms with Crippen LogP contribution in [0.25, 0.3) is 0 Å². The van der Waals surface area contributed by atoms with Crippen LogP contribution >= 0.6 is 11.6 Å². The van der Waals surface area contributed by atoms with Crippen molar-refractivity contribution >= 4 is 34.7 Å². The van der Waals surface area contributed by atoms with Crippen molar-refractivity contribution < 1.29 is 27.2 Å². The number of amides is 1. The molecule has 0 spiro atoms. The molecule has 0 fully saturated rings. The highest BCUT2D eigenvalue weighted by Gasteiger charge is 2.49. The van der Waals surface area contributed by atoms with Crippen molar-refractivity contribution in [2.45, 2.75) is 31.0 Å². The average Bonchev–Trinajstić information content (AvgIpc) is 2.98. The van der Waals surface area contributed by atoms with Gasteiger partial charge in [0.25, 0.3) is 0 Å². The minimum Gasteiger partial charge on any atom is -0.357 e. The molecule has 1 heterocycles. The third-order valence-corrected chi connectivity index (χ3v) is 6.73. The van der Waals surface area contributed by atoms with E-state index in [0.717, 1.165) is 17.7 Å². The second kappa shape index (κ2) is 9.09. The molecule has 1 amide bonds. The number of para-hydroxylation sites is 2. The van der Waals surface area contributed by atoms with Gasteiger partial charge in [-0.25, -0.2) is 4.39 Å². The fraction of sp³-hybridized carbons (Fsp3) is 0.185. The van der Waals surface area contributed by atoms with Gasteiger partial charge in [0, 0.05) is 22.7 Å². The minimum absolute atomic E-state index is 0.0283. The van der Waals surface area contributed by atoms with Crippen LogP contribution in [0.1, 0.15) is 35.9 Å². The highest BCUT2D eigenvalue weighted by molar-refractivity contribution is 6.30. The number of benzene rings is 3. The summed E-state index contributed by atoms with van der Waals surface area (Å²) in [6, 6.07) is 16.5. The van der Waals surface area contributed by atoms with Crippen LogP contribution in [0, 0.1) is 5.82 Å². The van der Waals surface area contributed by atoms with E-state index in [0.29, 0.717) is 22.0 Å². The van der Waals surface area contributed by atoms with Crippen LogP contribution in [0.5, 0.6) is 0 Å². The quantitative estimate of drug-likeness (QED) is 0.377. The number of nitrogens with zero attached hydrogens (tertiary/aromatic N) is 1. The van der Waals surface area contributed by atoms with Crippen molar-refractivity contribution in [3.63, 3.8) is 0 Å². The summed E-state index contributed by atoms with van der Waals surface area (Å²) in [6.07, 6.45) is -4.85. The Hall–Kier alpha value is -3.65. The van der Waals surface area contributed by atoms with Crippen LogP contribution in [0.3, 0.4) is 0 Å². The zero-order valence-electron chi connectivity index (χ0n) is 18.7. The molecular formula is C27H19ClF4N2O2. The Kier molecular flexibility index (Phi) is 6.08. The first-order valence-electron chi connectivity index (χ1n) is 11.2. The van der Waals surface area contributed by atoms with Gasteiger partial charge in [-0.05, 0) is 59.9 Å². The molecule has 0 radical (unpaired) electrons. The molecular weight excluding hydrogens is 496 g/mol. The Morgan fingerprint density at radius 2 is 1.56 bits per heavy atom. The summed E-state index contributed by atoms with van der Waals surface area (Å²) < 4.78 is 55.3. The fourth-order valence-corrected chi connectivity index (χ4v) is 5.01. The van der Waals surface area contributed by atoms with Crippen LogP contribution in [0.2, 0.25) is 5.02 Å². The van der Waals surface area contributed by atoms with E-state index in [9.17, 15) is 27.2 Å². The molecule has 0 bridgehead atoms. The van der Waals surface area contributed by atoms with Crippen LogP contribution in [0.15, 0.2) is 84.1 Å². The number of allylic oxidation sites excluding steroid dienone is 1. The lowest BCUT2D eigenvalue weighted by atomic mass is 9.78. The van der Waals surface area contributed by atoms with Crippen LogP contribution < -0.4 is 10.2 Å². The van der Waals surface area contributed by atoms with E-state index in [-0.39, 0.29) is 34.9 Å². The van der Waals surface area contributed by atoms with E-state index in [2.05, 4.69) is 5.32 Å². The molecule has 9 heteroatoms. The molecule has 2 atom stereocenters. The molecule has 2 aliphatic rings. The third kappa shape index (κ3) is 4.37. The maximum absolute atomic E-state index is 13.9. The van der Waals surface area contributed by atoms with E-state index in [1.165, 1.54) is 24.3 Å². The van der Waals surface area contributed by atoms with Crippen LogP contribution in [-0.2, 0) is 9.59 Å². The summed E-state index contributed by atoms with van der Waals surface area (Å²) in [5.74, 6) is -3.35. The Labute approximate surface area is 209 Å². The number of hydrogen-bond acceptors (Lipinski definition) is 3. The van der Waals surface area contributed by atoms with Gasteiger partial charge in [-0.1, -0.05) is 48.0 Å². The van der Waals surface area contributed by atoms with Gasteiger partial charge >= 0.3 is 12.1 Å². The average molecular weight is 515 g/mol. The van der Waals surface area contributed by atoms with Gasteiger partial charge in [0.2, 0.25) is 0 Å². The van der Waals surface area contributed by atoms with Gasteiger partial charge in [-0.3, -0.25) is 14.5 Å². The zero-order valence-corrected chi connectivity index (χ0v) is 19.4. The van der Waals surface area contributed by atoms with E-state index in [1.807, 2.05) is 12.1 Å². The molecule has 5 rings (SSSR count). The standard InChI is InChI=1S/C27H19ClF4N2O2/c28-18-9-5-15(6-10-18)17-13-21-24(23(35)14-17)25(16-7-11-19(29)12-8-16)34(26(36)27(30,31)32)22-4-2-1-3-20(22)33-21/h1-12,17,25,33H,13-14H2. The van der Waals surface area contributed by atoms with E-state index >= 15 is 0 Å². The van der Waals surface area contributed by atoms with Gasteiger partial charge in [-0.15, -0.1) is 0 Å². The first kappa shape index (κ1) is 24.1. The normalized spacial score (nSPS) is 19.8. The summed E-state index contributed by atoms with van der Waals surface area (Å²) in [6.45, 7) is 0. The molecule has 36 heavy (non-hydrogen) atoms. The topological polar surface area (TPSA) is 49.4 Å². The first-order valence-corrected chi connectivity index (χ1v) is 11.5. The molecule has 2 unspecified atom stereocenters. The number of ketones is 1. The van der Waals surface area contributed by atoms with Crippen molar-refractivity contribution in [3.8, 4) is 0 Å². The molecule has 3 aromatic rings. The molecule has 4 nitrogen and oxygen atoms in total. The molecule has 1 aliphatic heterocycles. The Bertz CT molecular complexity index is 1370. The highest BCUT2D eigenvalue weighted by atomic mass is 35.5. The van der Waals surface area contributed by atoms with Gasteiger partial charge < -0.3 is 5.32 Å². The second-order valence-electron chi connectivity index (χ2n) is 8.74. The number of nitrogens with one attached hydrogen (secondary N) is 1. The molecule has 0 aromatic heterocycles. The Balaban J connectivity index is 1.72. The molecule has 0 saturated carbocycles. The van der Waals surface area contributed by atoms with E-state index in [1.54, 1.807) is 24.3 Å². The maximum Gasteiger partial charge on any atom is 0.471 e. The first-order chi connectivity index (χ1) is 17.1. The lowest BCUT2D eigenvalue weighted by Crippen LogP contribution is -2.45. The molecule has 3 aromatic carbocycles. The number of fused-ring (bicyclic) bond motifs is 1. The lowest BCUT2D eigenvalue weighted by molar-refractivity contribution is -0.170. The monoisotopic (exact) mass is 514 g/mol. The SMILES string of the molecule is O=C1CC(c2ccc(Cl)cc2)CC2=C1C(c1ccc(F)cc1)N(C(=O)C(F)(F)F)c1ccccc1N2. The predicted octanol–water partition coefficient (Wildman–Crippen LogP) is 6.94. The number of carbonyl (C=O) groups is 2. The van der Waals surface area contributed by atoms with Gasteiger partial charge in [0.15, 0.2) is 5.78 Å². The summed E-state index contributed by atoms with van der Waals surface area (Å²) >= 11 is 6.00. The highest BCUT2D eigenvalue weighted by Crippen LogP contribution is 2.48. The number of alkyl halides is 3. The molecule has 184 valence electrons. The van der Waals surface area contributed by atoms with E-state index in [4.69, 9.17) is 11.6 Å². The van der Waals surface area contributed by atoms with Gasteiger partial charge in [-0.2, -0.15) is 13.2 Å². The second-order valence-corrected chi connectivity index (χ2v) is 9.18. The fourth-order valence-electron chi connectivity index (χ4n) is 4.88. The zero-order chi connectivity index (χ0) is 25.6. The van der Waals surface area contributed by atoms with Crippen molar-refractivity contribution in [3.05, 3.63) is 106 Å². The van der Waals surface area contributed by atoms with Crippen molar-refractivity contribution in [2.75, 3.05) is 10.2 Å². The van der Waals surface area contributed by atoms with Gasteiger partial charge in [0.1, 0.15) is 5.82 Å². The van der Waals surface area contributed by atoms with Crippen LogP contribution in [-0.4, -0.2) is 17.9 Å². The van der Waals surface area contributed by atoms with E-state index < -0.39 is 29.7 Å². The number of Topliss-reactive ketones (excluding diaryl/α,β-unsaturated/α-hetero) is 1. The molecule has 1 N–H and O–H groups in total.